The van der Waals surface area contributed by atoms with E-state index in [0.29, 0.717) is 48.2 Å². The number of unbranched alkanes of at least 4 members (excludes halogenated alkanes) is 2. The molecule has 59 heavy (non-hydrogen) atoms. The summed E-state index contributed by atoms with van der Waals surface area (Å²) < 4.78 is 37.6. The van der Waals surface area contributed by atoms with Gasteiger partial charge in [-0.3, -0.25) is 9.88 Å². The van der Waals surface area contributed by atoms with Crippen LogP contribution < -0.4 is 18.9 Å². The number of hydrogen-bond acceptors (Lipinski definition) is 12. The molecule has 13 heteroatoms. The third-order valence-corrected chi connectivity index (χ3v) is 11.9. The molecule has 316 valence electrons. The fourth-order valence-electron chi connectivity index (χ4n) is 9.37. The number of rotatable bonds is 19. The highest BCUT2D eigenvalue weighted by molar-refractivity contribution is 6.03. The molecule has 1 saturated carbocycles. The Morgan fingerprint density at radius 3 is 2.59 bits per heavy atom. The van der Waals surface area contributed by atoms with E-state index in [9.17, 15) is 15.0 Å². The van der Waals surface area contributed by atoms with E-state index in [4.69, 9.17) is 38.4 Å². The summed E-state index contributed by atoms with van der Waals surface area (Å²) >= 11 is 0. The van der Waals surface area contributed by atoms with Crippen LogP contribution >= 0.6 is 0 Å². The van der Waals surface area contributed by atoms with E-state index in [1.54, 1.807) is 11.0 Å². The van der Waals surface area contributed by atoms with Gasteiger partial charge in [-0.2, -0.15) is 0 Å². The molecule has 3 aromatic rings. The number of amides is 1. The number of oxime groups is 1. The number of carbonyl (C=O) groups is 1. The van der Waals surface area contributed by atoms with E-state index in [-0.39, 0.29) is 63.9 Å². The van der Waals surface area contributed by atoms with Crippen LogP contribution in [0.5, 0.6) is 23.0 Å². The first-order chi connectivity index (χ1) is 28.8. The SMILES string of the molecule is C=CCOC12Oc3ccc(OCc4cccc(C)n4)cc3C3C(CCCCO)C(CCCCO)C=C(C(=NOCC)CC1N(Cc1ccc4c(c1)OCO4)C(=O)OC)C32. The van der Waals surface area contributed by atoms with Gasteiger partial charge >= 0.3 is 6.09 Å². The number of fused-ring (bicyclic) bond motifs is 3. The predicted octanol–water partition coefficient (Wildman–Crippen LogP) is 7.62. The van der Waals surface area contributed by atoms with Crippen LogP contribution in [-0.2, 0) is 27.5 Å². The average molecular weight is 812 g/mol. The lowest BCUT2D eigenvalue weighted by atomic mass is 9.55. The smallest absolute Gasteiger partial charge is 0.410 e. The summed E-state index contributed by atoms with van der Waals surface area (Å²) in [5.74, 6) is 0.571. The number of benzene rings is 2. The molecule has 0 bridgehead atoms. The molecule has 7 rings (SSSR count). The third-order valence-electron chi connectivity index (χ3n) is 11.9. The molecule has 2 aromatic carbocycles. The maximum absolute atomic E-state index is 14.2. The van der Waals surface area contributed by atoms with Crippen molar-refractivity contribution in [3.8, 4) is 23.0 Å². The highest BCUT2D eigenvalue weighted by Crippen LogP contribution is 2.62. The van der Waals surface area contributed by atoms with Gasteiger partial charge in [0.1, 0.15) is 30.8 Å². The molecular weight excluding hydrogens is 755 g/mol. The summed E-state index contributed by atoms with van der Waals surface area (Å²) in [6.07, 6.45) is 8.33. The molecule has 0 saturated heterocycles. The van der Waals surface area contributed by atoms with Crippen molar-refractivity contribution < 1.29 is 48.3 Å². The maximum atomic E-state index is 14.2. The van der Waals surface area contributed by atoms with Gasteiger partial charge in [0.25, 0.3) is 0 Å². The monoisotopic (exact) mass is 811 g/mol. The molecule has 1 aromatic heterocycles. The highest BCUT2D eigenvalue weighted by Gasteiger charge is 2.65. The van der Waals surface area contributed by atoms with Gasteiger partial charge in [-0.25, -0.2) is 4.79 Å². The van der Waals surface area contributed by atoms with E-state index in [1.807, 2.05) is 62.4 Å². The fraction of sp³-hybridized carbons (Fsp3) is 0.500. The lowest BCUT2D eigenvalue weighted by Crippen LogP contribution is -2.70. The summed E-state index contributed by atoms with van der Waals surface area (Å²) in [5.41, 5.74) is 5.15. The number of methoxy groups -OCH3 is 1. The predicted molar refractivity (Wildman–Crippen MR) is 220 cm³/mol. The van der Waals surface area contributed by atoms with E-state index >= 15 is 0 Å². The Hall–Kier alpha value is -5.11. The van der Waals surface area contributed by atoms with Crippen LogP contribution in [0.4, 0.5) is 4.79 Å². The number of allylic oxidation sites excluding steroid dienone is 1. The second-order valence-corrected chi connectivity index (χ2v) is 15.5. The Labute approximate surface area is 346 Å². The Kier molecular flexibility index (Phi) is 13.8. The molecule has 6 atom stereocenters. The number of aryl methyl sites for hydroxylation is 1. The van der Waals surface area contributed by atoms with Crippen molar-refractivity contribution in [2.45, 2.75) is 89.7 Å². The van der Waals surface area contributed by atoms with Crippen molar-refractivity contribution in [3.05, 3.63) is 101 Å². The summed E-state index contributed by atoms with van der Waals surface area (Å²) in [6.45, 7) is 9.12. The first-order valence-corrected chi connectivity index (χ1v) is 20.8. The van der Waals surface area contributed by atoms with Crippen LogP contribution in [0.1, 0.15) is 80.3 Å². The van der Waals surface area contributed by atoms with Gasteiger partial charge in [-0.05, 0) is 105 Å². The second kappa shape index (κ2) is 19.3. The Bertz CT molecular complexity index is 2000. The Balaban J connectivity index is 1.41. The molecule has 2 N–H and O–H groups in total. The van der Waals surface area contributed by atoms with Gasteiger partial charge in [0.15, 0.2) is 11.5 Å². The molecule has 6 unspecified atom stereocenters. The summed E-state index contributed by atoms with van der Waals surface area (Å²) in [6, 6.07) is 16.7. The van der Waals surface area contributed by atoms with Gasteiger partial charge in [0, 0.05) is 43.4 Å². The number of hydrogen-bond donors (Lipinski definition) is 2. The minimum atomic E-state index is -1.44. The zero-order valence-corrected chi connectivity index (χ0v) is 34.3. The van der Waals surface area contributed by atoms with Crippen LogP contribution in [-0.4, -0.2) is 84.1 Å². The summed E-state index contributed by atoms with van der Waals surface area (Å²) in [4.78, 5) is 26.4. The van der Waals surface area contributed by atoms with Crippen LogP contribution in [0, 0.1) is 24.7 Å². The summed E-state index contributed by atoms with van der Waals surface area (Å²) in [7, 11) is 1.37. The molecule has 3 heterocycles. The average Bonchev–Trinajstić information content (AvgIpc) is 3.72. The number of carbonyl (C=O) groups excluding carboxylic acids is 1. The molecule has 1 amide bonds. The Morgan fingerprint density at radius 2 is 1.83 bits per heavy atom. The van der Waals surface area contributed by atoms with Crippen molar-refractivity contribution >= 4 is 11.8 Å². The van der Waals surface area contributed by atoms with E-state index in [0.717, 1.165) is 53.8 Å². The number of ether oxygens (including phenoxy) is 6. The zero-order valence-electron chi connectivity index (χ0n) is 34.3. The minimum absolute atomic E-state index is 0.0598. The number of aliphatic hydroxyl groups is 2. The highest BCUT2D eigenvalue weighted by atomic mass is 16.7. The topological polar surface area (TPSA) is 151 Å². The lowest BCUT2D eigenvalue weighted by molar-refractivity contribution is -0.256. The first kappa shape index (κ1) is 42.0. The second-order valence-electron chi connectivity index (χ2n) is 15.5. The van der Waals surface area contributed by atoms with E-state index in [2.05, 4.69) is 23.7 Å². The Morgan fingerprint density at radius 1 is 1.03 bits per heavy atom. The van der Waals surface area contributed by atoms with E-state index < -0.39 is 23.8 Å². The summed E-state index contributed by atoms with van der Waals surface area (Å²) in [5, 5.41) is 24.6. The van der Waals surface area contributed by atoms with Gasteiger partial charge in [0.2, 0.25) is 12.6 Å². The molecule has 2 aliphatic heterocycles. The quantitative estimate of drug-likeness (QED) is 0.0699. The zero-order chi connectivity index (χ0) is 41.4. The molecular formula is C46H57N3O10. The molecule has 4 aliphatic rings. The maximum Gasteiger partial charge on any atom is 0.410 e. The van der Waals surface area contributed by atoms with Crippen molar-refractivity contribution in [2.75, 3.05) is 40.3 Å². The molecule has 13 nitrogen and oxygen atoms in total. The van der Waals surface area contributed by atoms with Crippen LogP contribution in [0.15, 0.2) is 84.1 Å². The van der Waals surface area contributed by atoms with Crippen molar-refractivity contribution in [1.82, 2.24) is 9.88 Å². The van der Waals surface area contributed by atoms with Gasteiger partial charge in [-0.1, -0.05) is 42.3 Å². The standard InChI is InChI=1S/C46H57N3O10/c1-5-22-57-46-42(49(45(52)53-4)27-31-16-18-40-41(23-31)56-29-55-40)26-38(48-58-6-2)36-24-32(13-7-9-20-50)35(15-8-10-21-51)43(44(36)46)37-25-34(17-19-39(37)59-46)54-28-33-14-11-12-30(3)47-33/h5,11-12,14,16-19,23-25,32,35,42-44,50-51H,1,6-10,13,15,20-22,26-29H2,2-4H3. The van der Waals surface area contributed by atoms with E-state index in [1.165, 1.54) is 7.11 Å². The fourth-order valence-corrected chi connectivity index (χ4v) is 9.37. The molecule has 0 spiro atoms. The third kappa shape index (κ3) is 8.92. The van der Waals surface area contributed by atoms with Gasteiger partial charge in [-0.15, -0.1) is 6.58 Å². The molecule has 1 fully saturated rings. The normalized spacial score (nSPS) is 24.3. The largest absolute Gasteiger partial charge is 0.487 e. The number of aliphatic hydroxyl groups excluding tert-OH is 2. The van der Waals surface area contributed by atoms with Crippen LogP contribution in [0.3, 0.4) is 0 Å². The van der Waals surface area contributed by atoms with Crippen molar-refractivity contribution in [2.24, 2.45) is 22.9 Å². The van der Waals surface area contributed by atoms with Crippen molar-refractivity contribution in [1.29, 1.82) is 0 Å². The number of nitrogens with zero attached hydrogens (tertiary/aromatic N) is 3. The van der Waals surface area contributed by atoms with Gasteiger partial charge < -0.3 is 43.5 Å². The van der Waals surface area contributed by atoms with Crippen LogP contribution in [0.25, 0.3) is 0 Å². The molecule has 2 aliphatic carbocycles. The van der Waals surface area contributed by atoms with Crippen molar-refractivity contribution in [3.63, 3.8) is 0 Å². The number of aromatic nitrogens is 1. The molecule has 0 radical (unpaired) electrons. The van der Waals surface area contributed by atoms with Crippen LogP contribution in [0.2, 0.25) is 0 Å². The lowest BCUT2D eigenvalue weighted by Gasteiger charge is -2.59. The first-order valence-electron chi connectivity index (χ1n) is 20.8. The number of pyridine rings is 1. The van der Waals surface area contributed by atoms with Gasteiger partial charge in [0.05, 0.1) is 31.0 Å². The minimum Gasteiger partial charge on any atom is -0.487 e.